The SMILES string of the molecule is CC(C)CCCC(=O)O[C@H]1CC[C@@H](c2ccc(CN(C)C)cc2)CC1. The molecule has 0 N–H and O–H groups in total. The number of carbonyl (C=O) groups is 1. The van der Waals surface area contributed by atoms with E-state index in [1.807, 2.05) is 0 Å². The molecule has 3 heteroatoms. The van der Waals surface area contributed by atoms with Crippen molar-refractivity contribution in [2.45, 2.75) is 77.4 Å². The summed E-state index contributed by atoms with van der Waals surface area (Å²) in [4.78, 5) is 14.1. The Morgan fingerprint density at radius 1 is 1.12 bits per heavy atom. The molecule has 0 saturated heterocycles. The molecule has 1 fully saturated rings. The van der Waals surface area contributed by atoms with Crippen molar-refractivity contribution in [2.24, 2.45) is 5.92 Å². The van der Waals surface area contributed by atoms with Gasteiger partial charge in [-0.05, 0) is 69.2 Å². The first-order chi connectivity index (χ1) is 11.9. The van der Waals surface area contributed by atoms with Crippen molar-refractivity contribution >= 4 is 5.97 Å². The Morgan fingerprint density at radius 2 is 1.76 bits per heavy atom. The van der Waals surface area contributed by atoms with E-state index in [1.54, 1.807) is 0 Å². The van der Waals surface area contributed by atoms with Crippen LogP contribution in [0.1, 0.15) is 75.8 Å². The third kappa shape index (κ3) is 7.19. The van der Waals surface area contributed by atoms with Crippen molar-refractivity contribution < 1.29 is 9.53 Å². The topological polar surface area (TPSA) is 29.5 Å². The van der Waals surface area contributed by atoms with Gasteiger partial charge in [-0.3, -0.25) is 4.79 Å². The van der Waals surface area contributed by atoms with E-state index in [2.05, 4.69) is 57.1 Å². The smallest absolute Gasteiger partial charge is 0.306 e. The maximum atomic E-state index is 11.9. The third-order valence-corrected chi connectivity index (χ3v) is 5.08. The van der Waals surface area contributed by atoms with Gasteiger partial charge >= 0.3 is 5.97 Å². The second kappa shape index (κ2) is 9.96. The first-order valence-corrected chi connectivity index (χ1v) is 9.87. The molecule has 3 nitrogen and oxygen atoms in total. The highest BCUT2D eigenvalue weighted by atomic mass is 16.5. The van der Waals surface area contributed by atoms with Crippen LogP contribution in [0.25, 0.3) is 0 Å². The molecule has 0 heterocycles. The zero-order valence-corrected chi connectivity index (χ0v) is 16.5. The molecule has 0 spiro atoms. The van der Waals surface area contributed by atoms with E-state index in [4.69, 9.17) is 4.74 Å². The molecule has 0 aliphatic heterocycles. The Labute approximate surface area is 153 Å². The van der Waals surface area contributed by atoms with Gasteiger partial charge in [-0.15, -0.1) is 0 Å². The molecule has 1 saturated carbocycles. The van der Waals surface area contributed by atoms with Crippen molar-refractivity contribution in [2.75, 3.05) is 14.1 Å². The summed E-state index contributed by atoms with van der Waals surface area (Å²) >= 11 is 0. The number of hydrogen-bond acceptors (Lipinski definition) is 3. The number of ether oxygens (including phenoxy) is 1. The molecular weight excluding hydrogens is 310 g/mol. The number of rotatable bonds is 8. The lowest BCUT2D eigenvalue weighted by Crippen LogP contribution is -2.23. The van der Waals surface area contributed by atoms with Gasteiger partial charge in [-0.2, -0.15) is 0 Å². The van der Waals surface area contributed by atoms with E-state index in [9.17, 15) is 4.79 Å². The Bertz CT molecular complexity index is 513. The lowest BCUT2D eigenvalue weighted by Gasteiger charge is -2.28. The normalized spacial score (nSPS) is 20.9. The van der Waals surface area contributed by atoms with Crippen LogP contribution in [0.15, 0.2) is 24.3 Å². The highest BCUT2D eigenvalue weighted by molar-refractivity contribution is 5.69. The van der Waals surface area contributed by atoms with Crippen molar-refractivity contribution in [1.29, 1.82) is 0 Å². The summed E-state index contributed by atoms with van der Waals surface area (Å²) < 4.78 is 5.68. The Balaban J connectivity index is 1.73. The van der Waals surface area contributed by atoms with Crippen molar-refractivity contribution in [1.82, 2.24) is 4.90 Å². The second-order valence-corrected chi connectivity index (χ2v) is 8.23. The number of esters is 1. The lowest BCUT2D eigenvalue weighted by molar-refractivity contribution is -0.150. The van der Waals surface area contributed by atoms with Crippen LogP contribution in [0.4, 0.5) is 0 Å². The van der Waals surface area contributed by atoms with Gasteiger partial charge in [0.25, 0.3) is 0 Å². The fraction of sp³-hybridized carbons (Fsp3) is 0.682. The maximum absolute atomic E-state index is 11.9. The van der Waals surface area contributed by atoms with Crippen molar-refractivity contribution in [3.63, 3.8) is 0 Å². The first-order valence-electron chi connectivity index (χ1n) is 9.87. The standard InChI is InChI=1S/C22H35NO2/c1-17(2)6-5-7-22(24)25-21-14-12-20(13-15-21)19-10-8-18(9-11-19)16-23(3)4/h8-11,17,20-21H,5-7,12-16H2,1-4H3/t20-,21+. The van der Waals surface area contributed by atoms with Crippen LogP contribution in [0.5, 0.6) is 0 Å². The van der Waals surface area contributed by atoms with Gasteiger partial charge in [-0.1, -0.05) is 44.5 Å². The molecule has 1 aromatic rings. The zero-order valence-electron chi connectivity index (χ0n) is 16.5. The highest BCUT2D eigenvalue weighted by Crippen LogP contribution is 2.34. The minimum absolute atomic E-state index is 0.00265. The van der Waals surface area contributed by atoms with Crippen LogP contribution in [0, 0.1) is 5.92 Å². The molecule has 1 aromatic carbocycles. The van der Waals surface area contributed by atoms with Gasteiger partial charge in [-0.25, -0.2) is 0 Å². The molecule has 0 atom stereocenters. The molecule has 1 aliphatic carbocycles. The van der Waals surface area contributed by atoms with Crippen LogP contribution >= 0.6 is 0 Å². The predicted octanol–water partition coefficient (Wildman–Crippen LogP) is 5.14. The van der Waals surface area contributed by atoms with Gasteiger partial charge in [0.15, 0.2) is 0 Å². The van der Waals surface area contributed by atoms with Gasteiger partial charge < -0.3 is 9.64 Å². The molecule has 0 amide bonds. The average molecular weight is 346 g/mol. The fourth-order valence-corrected chi connectivity index (χ4v) is 3.67. The molecule has 0 bridgehead atoms. The Hall–Kier alpha value is -1.35. The summed E-state index contributed by atoms with van der Waals surface area (Å²) in [5, 5.41) is 0. The van der Waals surface area contributed by atoms with Gasteiger partial charge in [0.2, 0.25) is 0 Å². The first kappa shape index (κ1) is 20.0. The summed E-state index contributed by atoms with van der Waals surface area (Å²) in [5.74, 6) is 1.27. The highest BCUT2D eigenvalue weighted by Gasteiger charge is 2.24. The monoisotopic (exact) mass is 345 g/mol. The summed E-state index contributed by atoms with van der Waals surface area (Å²) in [6.45, 7) is 5.37. The number of nitrogens with zero attached hydrogens (tertiary/aromatic N) is 1. The van der Waals surface area contributed by atoms with Crippen LogP contribution in [-0.4, -0.2) is 31.1 Å². The van der Waals surface area contributed by atoms with E-state index >= 15 is 0 Å². The molecule has 0 aromatic heterocycles. The fourth-order valence-electron chi connectivity index (χ4n) is 3.67. The molecule has 0 unspecified atom stereocenters. The number of hydrogen-bond donors (Lipinski definition) is 0. The largest absolute Gasteiger partial charge is 0.462 e. The molecule has 0 radical (unpaired) electrons. The third-order valence-electron chi connectivity index (χ3n) is 5.08. The van der Waals surface area contributed by atoms with E-state index in [0.29, 0.717) is 18.3 Å². The van der Waals surface area contributed by atoms with Crippen LogP contribution in [0.2, 0.25) is 0 Å². The number of carbonyl (C=O) groups excluding carboxylic acids is 1. The van der Waals surface area contributed by atoms with Crippen LogP contribution in [0.3, 0.4) is 0 Å². The summed E-state index contributed by atoms with van der Waals surface area (Å²) in [5.41, 5.74) is 2.79. The van der Waals surface area contributed by atoms with E-state index in [-0.39, 0.29) is 12.1 Å². The average Bonchev–Trinajstić information content (AvgIpc) is 2.55. The van der Waals surface area contributed by atoms with Gasteiger partial charge in [0.1, 0.15) is 6.10 Å². The van der Waals surface area contributed by atoms with Gasteiger partial charge in [0.05, 0.1) is 0 Å². The van der Waals surface area contributed by atoms with E-state index < -0.39 is 0 Å². The molecule has 140 valence electrons. The van der Waals surface area contributed by atoms with Crippen molar-refractivity contribution in [3.8, 4) is 0 Å². The zero-order chi connectivity index (χ0) is 18.2. The van der Waals surface area contributed by atoms with E-state index in [1.165, 1.54) is 11.1 Å². The van der Waals surface area contributed by atoms with Crippen LogP contribution in [-0.2, 0) is 16.1 Å². The Morgan fingerprint density at radius 3 is 2.32 bits per heavy atom. The lowest BCUT2D eigenvalue weighted by atomic mass is 9.82. The van der Waals surface area contributed by atoms with Gasteiger partial charge in [0, 0.05) is 13.0 Å². The second-order valence-electron chi connectivity index (χ2n) is 8.23. The molecule has 25 heavy (non-hydrogen) atoms. The summed E-state index contributed by atoms with van der Waals surface area (Å²) in [6.07, 6.45) is 7.01. The summed E-state index contributed by atoms with van der Waals surface area (Å²) in [6, 6.07) is 9.05. The maximum Gasteiger partial charge on any atom is 0.306 e. The number of benzene rings is 1. The quantitative estimate of drug-likeness (QED) is 0.611. The predicted molar refractivity (Wildman–Crippen MR) is 104 cm³/mol. The molecule has 1 aliphatic rings. The Kier molecular flexibility index (Phi) is 7.95. The minimum atomic E-state index is -0.00265. The van der Waals surface area contributed by atoms with E-state index in [0.717, 1.165) is 45.1 Å². The molecule has 2 rings (SSSR count). The van der Waals surface area contributed by atoms with Crippen molar-refractivity contribution in [3.05, 3.63) is 35.4 Å². The van der Waals surface area contributed by atoms with Crippen LogP contribution < -0.4 is 0 Å². The minimum Gasteiger partial charge on any atom is -0.462 e. The molecular formula is C22H35NO2. The summed E-state index contributed by atoms with van der Waals surface area (Å²) in [7, 11) is 4.19.